The molecule has 1 aliphatic heterocycles. The minimum absolute atomic E-state index is 0.191. The molecular formula is C58H34N4S. The van der Waals surface area contributed by atoms with Gasteiger partial charge in [0.05, 0.1) is 39.1 Å². The van der Waals surface area contributed by atoms with Crippen LogP contribution in [0.4, 0.5) is 0 Å². The van der Waals surface area contributed by atoms with Gasteiger partial charge in [-0.15, -0.1) is 11.3 Å². The summed E-state index contributed by atoms with van der Waals surface area (Å²) in [4.78, 5) is 11.9. The Morgan fingerprint density at radius 2 is 1.10 bits per heavy atom. The summed E-state index contributed by atoms with van der Waals surface area (Å²) in [5.41, 5.74) is 14.6. The highest BCUT2D eigenvalue weighted by Crippen LogP contribution is 2.55. The SMILES string of the molecule is C1=CC2c3ccc4sc5ccc6c7c5c4c3n(c3cccc(c73)n6-c3nc4c5ccccc5c5ccccc5c4nc3-c3ccc(-c4ccccc4)cc3-c3ccccc3)C2C=C1. The molecule has 0 amide bonds. The average Bonchev–Trinajstić information content (AvgIpc) is 3.98. The molecule has 2 atom stereocenters. The van der Waals surface area contributed by atoms with Gasteiger partial charge in [-0.1, -0.05) is 158 Å². The van der Waals surface area contributed by atoms with Crippen LogP contribution in [0, 0.1) is 0 Å². The summed E-state index contributed by atoms with van der Waals surface area (Å²) in [6.45, 7) is 0. The fourth-order valence-corrected chi connectivity index (χ4v) is 12.5. The molecule has 0 bridgehead atoms. The largest absolute Gasteiger partial charge is 0.332 e. The normalized spacial score (nSPS) is 15.8. The topological polar surface area (TPSA) is 35.6 Å². The first-order chi connectivity index (χ1) is 31.3. The van der Waals surface area contributed by atoms with Crippen LogP contribution in [0.2, 0.25) is 0 Å². The number of fused-ring (bicyclic) bond motifs is 10. The van der Waals surface area contributed by atoms with Crippen LogP contribution in [0.15, 0.2) is 194 Å². The molecule has 0 N–H and O–H groups in total. The third-order valence-electron chi connectivity index (χ3n) is 14.0. The van der Waals surface area contributed by atoms with Crippen molar-refractivity contribution in [2.24, 2.45) is 0 Å². The van der Waals surface area contributed by atoms with Gasteiger partial charge in [0.15, 0.2) is 5.82 Å². The Hall–Kier alpha value is -7.86. The van der Waals surface area contributed by atoms with Gasteiger partial charge in [0, 0.05) is 53.2 Å². The molecule has 4 nitrogen and oxygen atoms in total. The summed E-state index contributed by atoms with van der Waals surface area (Å²) < 4.78 is 7.75. The van der Waals surface area contributed by atoms with Gasteiger partial charge in [-0.25, -0.2) is 9.97 Å². The molecule has 5 heteroatoms. The number of hydrogen-bond acceptors (Lipinski definition) is 3. The quantitative estimate of drug-likeness (QED) is 0.166. The monoisotopic (exact) mass is 818 g/mol. The van der Waals surface area contributed by atoms with Crippen molar-refractivity contribution in [3.05, 3.63) is 200 Å². The molecule has 13 aromatic rings. The lowest BCUT2D eigenvalue weighted by atomic mass is 9.90. The Balaban J connectivity index is 1.14. The molecule has 5 heterocycles. The van der Waals surface area contributed by atoms with Crippen molar-refractivity contribution < 1.29 is 0 Å². The van der Waals surface area contributed by atoms with Gasteiger partial charge in [-0.05, 0) is 75.0 Å². The second-order valence-corrected chi connectivity index (χ2v) is 18.2. The lowest BCUT2D eigenvalue weighted by Crippen LogP contribution is -2.09. The van der Waals surface area contributed by atoms with Crippen LogP contribution >= 0.6 is 11.3 Å². The number of nitrogens with zero attached hydrogens (tertiary/aromatic N) is 4. The standard InChI is InChI=1S/C58H34N4S/c1-3-14-33(15-4-1)35-26-27-41(43(32-35)34-16-5-2-6-17-34)56-58(60-55-40-22-10-8-19-37(40)36-18-7-9-21-39(36)54(55)59-56)62-46-25-13-24-45-50(46)51-47(62)29-31-48-52(51)53-49(63-48)30-28-42-38-20-11-12-23-44(38)61(45)57(42)53/h1-32,38,44H. The molecule has 0 saturated carbocycles. The van der Waals surface area contributed by atoms with Crippen LogP contribution in [0.3, 0.4) is 0 Å². The summed E-state index contributed by atoms with van der Waals surface area (Å²) >= 11 is 1.91. The third kappa shape index (κ3) is 4.44. The van der Waals surface area contributed by atoms with Crippen LogP contribution < -0.4 is 0 Å². The molecule has 292 valence electrons. The molecule has 1 aliphatic carbocycles. The van der Waals surface area contributed by atoms with E-state index in [9.17, 15) is 0 Å². The van der Waals surface area contributed by atoms with Crippen molar-refractivity contribution in [1.29, 1.82) is 0 Å². The lowest BCUT2D eigenvalue weighted by molar-refractivity contribution is 0.614. The minimum atomic E-state index is 0.191. The van der Waals surface area contributed by atoms with E-state index < -0.39 is 0 Å². The van der Waals surface area contributed by atoms with Crippen LogP contribution in [-0.4, -0.2) is 19.1 Å². The number of benzene rings is 9. The maximum Gasteiger partial charge on any atom is 0.165 e. The van der Waals surface area contributed by atoms with Crippen molar-refractivity contribution in [1.82, 2.24) is 19.1 Å². The molecule has 0 saturated heterocycles. The molecule has 0 fully saturated rings. The zero-order valence-electron chi connectivity index (χ0n) is 33.8. The average molecular weight is 819 g/mol. The van der Waals surface area contributed by atoms with Crippen molar-refractivity contribution in [3.63, 3.8) is 0 Å². The first kappa shape index (κ1) is 33.8. The highest BCUT2D eigenvalue weighted by atomic mass is 32.1. The van der Waals surface area contributed by atoms with E-state index in [-0.39, 0.29) is 6.04 Å². The van der Waals surface area contributed by atoms with Gasteiger partial charge in [0.2, 0.25) is 0 Å². The van der Waals surface area contributed by atoms with Crippen molar-refractivity contribution in [2.45, 2.75) is 12.0 Å². The van der Waals surface area contributed by atoms with Crippen molar-refractivity contribution in [3.8, 4) is 39.3 Å². The highest BCUT2D eigenvalue weighted by Gasteiger charge is 2.36. The van der Waals surface area contributed by atoms with E-state index in [2.05, 4.69) is 203 Å². The molecule has 4 aromatic heterocycles. The summed E-state index contributed by atoms with van der Waals surface area (Å²) in [7, 11) is 0. The van der Waals surface area contributed by atoms with Gasteiger partial charge in [0.25, 0.3) is 0 Å². The predicted molar refractivity (Wildman–Crippen MR) is 265 cm³/mol. The third-order valence-corrected chi connectivity index (χ3v) is 15.1. The smallest absolute Gasteiger partial charge is 0.165 e. The van der Waals surface area contributed by atoms with E-state index in [4.69, 9.17) is 9.97 Å². The molecule has 9 aromatic carbocycles. The van der Waals surface area contributed by atoms with Crippen molar-refractivity contribution >= 4 is 96.9 Å². The lowest BCUT2D eigenvalue weighted by Gasteiger charge is -2.20. The molecule has 0 radical (unpaired) electrons. The minimum Gasteiger partial charge on any atom is -0.332 e. The molecule has 0 spiro atoms. The number of aromatic nitrogens is 4. The number of hydrogen-bond donors (Lipinski definition) is 0. The zero-order chi connectivity index (χ0) is 40.9. The number of thiophene rings is 1. The van der Waals surface area contributed by atoms with Gasteiger partial charge < -0.3 is 4.57 Å². The van der Waals surface area contributed by atoms with Gasteiger partial charge >= 0.3 is 0 Å². The van der Waals surface area contributed by atoms with E-state index in [0.717, 1.165) is 66.6 Å². The Labute approximate surface area is 365 Å². The van der Waals surface area contributed by atoms with E-state index in [1.807, 2.05) is 11.3 Å². The Morgan fingerprint density at radius 3 is 1.89 bits per heavy atom. The molecule has 63 heavy (non-hydrogen) atoms. The summed E-state index contributed by atoms with van der Waals surface area (Å²) in [6, 6.07) is 62.3. The van der Waals surface area contributed by atoms with Crippen LogP contribution in [0.5, 0.6) is 0 Å². The first-order valence-corrected chi connectivity index (χ1v) is 22.6. The maximum atomic E-state index is 5.95. The van der Waals surface area contributed by atoms with Gasteiger partial charge in [-0.3, -0.25) is 4.57 Å². The molecule has 2 unspecified atom stereocenters. The van der Waals surface area contributed by atoms with E-state index in [0.29, 0.717) is 5.92 Å². The summed E-state index contributed by atoms with van der Waals surface area (Å²) in [5.74, 6) is 1.11. The van der Waals surface area contributed by atoms with Gasteiger partial charge in [0.1, 0.15) is 5.69 Å². The van der Waals surface area contributed by atoms with Crippen LogP contribution in [-0.2, 0) is 0 Å². The van der Waals surface area contributed by atoms with Crippen LogP contribution in [0.25, 0.3) is 125 Å². The van der Waals surface area contributed by atoms with E-state index in [1.54, 1.807) is 0 Å². The second kappa shape index (κ2) is 12.4. The Morgan fingerprint density at radius 1 is 0.444 bits per heavy atom. The maximum absolute atomic E-state index is 5.95. The predicted octanol–water partition coefficient (Wildman–Crippen LogP) is 15.6. The second-order valence-electron chi connectivity index (χ2n) is 17.2. The Bertz CT molecular complexity index is 4150. The summed E-state index contributed by atoms with van der Waals surface area (Å²) in [6.07, 6.45) is 9.24. The molecular weight excluding hydrogens is 785 g/mol. The Kier molecular flexibility index (Phi) is 6.64. The number of rotatable bonds is 4. The van der Waals surface area contributed by atoms with Crippen LogP contribution in [0.1, 0.15) is 17.5 Å². The summed E-state index contributed by atoms with van der Waals surface area (Å²) in [5, 5.41) is 9.82. The van der Waals surface area contributed by atoms with Gasteiger partial charge in [-0.2, -0.15) is 0 Å². The highest BCUT2D eigenvalue weighted by molar-refractivity contribution is 7.26. The fourth-order valence-electron chi connectivity index (χ4n) is 11.4. The molecule has 2 aliphatic rings. The van der Waals surface area contributed by atoms with E-state index >= 15 is 0 Å². The fraction of sp³-hybridized carbons (Fsp3) is 0.0345. The molecule has 15 rings (SSSR count). The number of allylic oxidation sites excluding steroid dienone is 4. The zero-order valence-corrected chi connectivity index (χ0v) is 34.6. The van der Waals surface area contributed by atoms with Crippen molar-refractivity contribution in [2.75, 3.05) is 0 Å². The van der Waals surface area contributed by atoms with E-state index in [1.165, 1.54) is 63.9 Å². The first-order valence-electron chi connectivity index (χ1n) is 21.7.